The summed E-state index contributed by atoms with van der Waals surface area (Å²) in [7, 11) is 0. The van der Waals surface area contributed by atoms with Gasteiger partial charge in [0.15, 0.2) is 0 Å². The van der Waals surface area contributed by atoms with Gasteiger partial charge in [-0.15, -0.1) is 0 Å². The van der Waals surface area contributed by atoms with Crippen LogP contribution in [0.3, 0.4) is 0 Å². The van der Waals surface area contributed by atoms with E-state index in [0.29, 0.717) is 32.0 Å². The van der Waals surface area contributed by atoms with Crippen molar-refractivity contribution in [2.75, 3.05) is 19.6 Å². The molecule has 0 saturated carbocycles. The molecule has 0 aromatic heterocycles. The molecule has 1 fully saturated rings. The SMILES string of the molecule is CC(C)(C)OC(=O)N1CCC(CNC=O)C1. The summed E-state index contributed by atoms with van der Waals surface area (Å²) in [6, 6.07) is 0. The molecule has 1 unspecified atom stereocenters. The minimum absolute atomic E-state index is 0.263. The minimum atomic E-state index is -0.448. The zero-order valence-corrected chi connectivity index (χ0v) is 10.2. The lowest BCUT2D eigenvalue weighted by molar-refractivity contribution is -0.109. The summed E-state index contributed by atoms with van der Waals surface area (Å²) in [5.41, 5.74) is -0.448. The molecule has 1 atom stereocenters. The van der Waals surface area contributed by atoms with E-state index in [9.17, 15) is 9.59 Å². The monoisotopic (exact) mass is 228 g/mol. The molecule has 5 nitrogen and oxygen atoms in total. The van der Waals surface area contributed by atoms with Gasteiger partial charge in [-0.3, -0.25) is 4.79 Å². The second kappa shape index (κ2) is 5.18. The molecule has 0 aliphatic carbocycles. The Bertz CT molecular complexity index is 260. The number of nitrogens with zero attached hydrogens (tertiary/aromatic N) is 1. The van der Waals surface area contributed by atoms with Crippen molar-refractivity contribution in [2.45, 2.75) is 32.8 Å². The Balaban J connectivity index is 2.35. The van der Waals surface area contributed by atoms with E-state index < -0.39 is 5.60 Å². The number of hydrogen-bond acceptors (Lipinski definition) is 3. The third kappa shape index (κ3) is 4.08. The number of likely N-dealkylation sites (tertiary alicyclic amines) is 1. The predicted molar refractivity (Wildman–Crippen MR) is 60.0 cm³/mol. The van der Waals surface area contributed by atoms with Crippen LogP contribution >= 0.6 is 0 Å². The molecule has 0 aromatic rings. The first kappa shape index (κ1) is 12.8. The lowest BCUT2D eigenvalue weighted by atomic mass is 10.1. The van der Waals surface area contributed by atoms with Gasteiger partial charge in [-0.05, 0) is 33.1 Å². The minimum Gasteiger partial charge on any atom is -0.444 e. The molecular weight excluding hydrogens is 208 g/mol. The van der Waals surface area contributed by atoms with E-state index >= 15 is 0 Å². The molecular formula is C11H20N2O3. The highest BCUT2D eigenvalue weighted by Crippen LogP contribution is 2.18. The fraction of sp³-hybridized carbons (Fsp3) is 0.818. The number of carbonyl (C=O) groups is 2. The van der Waals surface area contributed by atoms with Gasteiger partial charge in [-0.2, -0.15) is 0 Å². The molecule has 1 rings (SSSR count). The summed E-state index contributed by atoms with van der Waals surface area (Å²) in [4.78, 5) is 23.5. The van der Waals surface area contributed by atoms with Crippen LogP contribution in [-0.4, -0.2) is 42.6 Å². The van der Waals surface area contributed by atoms with Crippen molar-refractivity contribution in [3.05, 3.63) is 0 Å². The Morgan fingerprint density at radius 2 is 2.25 bits per heavy atom. The maximum absolute atomic E-state index is 11.7. The van der Waals surface area contributed by atoms with Gasteiger partial charge in [0.25, 0.3) is 0 Å². The van der Waals surface area contributed by atoms with E-state index in [1.165, 1.54) is 0 Å². The molecule has 2 amide bonds. The largest absolute Gasteiger partial charge is 0.444 e. The van der Waals surface area contributed by atoms with Crippen molar-refractivity contribution in [1.29, 1.82) is 0 Å². The Morgan fingerprint density at radius 3 is 2.81 bits per heavy atom. The molecule has 1 aliphatic rings. The second-order valence-corrected chi connectivity index (χ2v) is 5.11. The van der Waals surface area contributed by atoms with Crippen LogP contribution in [0, 0.1) is 5.92 Å². The number of rotatable bonds is 3. The van der Waals surface area contributed by atoms with Crippen LogP contribution in [-0.2, 0) is 9.53 Å². The highest BCUT2D eigenvalue weighted by molar-refractivity contribution is 5.68. The van der Waals surface area contributed by atoms with Crippen LogP contribution < -0.4 is 5.32 Å². The molecule has 1 saturated heterocycles. The Labute approximate surface area is 96.1 Å². The van der Waals surface area contributed by atoms with Gasteiger partial charge < -0.3 is 15.0 Å². The Kier molecular flexibility index (Phi) is 4.15. The first-order valence-electron chi connectivity index (χ1n) is 5.57. The summed E-state index contributed by atoms with van der Waals surface area (Å²) < 4.78 is 5.27. The predicted octanol–water partition coefficient (Wildman–Crippen LogP) is 0.989. The molecule has 0 radical (unpaired) electrons. The standard InChI is InChI=1S/C11H20N2O3/c1-11(2,3)16-10(15)13-5-4-9(7-13)6-12-8-14/h8-9H,4-7H2,1-3H3,(H,12,14). The van der Waals surface area contributed by atoms with E-state index in [4.69, 9.17) is 4.74 Å². The normalized spacial score (nSPS) is 20.7. The fourth-order valence-electron chi connectivity index (χ4n) is 1.71. The van der Waals surface area contributed by atoms with Crippen LogP contribution in [0.2, 0.25) is 0 Å². The van der Waals surface area contributed by atoms with Gasteiger partial charge in [0, 0.05) is 19.6 Å². The van der Waals surface area contributed by atoms with Crippen LogP contribution in [0.15, 0.2) is 0 Å². The van der Waals surface area contributed by atoms with Crippen LogP contribution in [0.25, 0.3) is 0 Å². The number of amides is 2. The number of ether oxygens (including phenoxy) is 1. The van der Waals surface area contributed by atoms with E-state index in [-0.39, 0.29) is 6.09 Å². The highest BCUT2D eigenvalue weighted by atomic mass is 16.6. The van der Waals surface area contributed by atoms with Crippen molar-refractivity contribution < 1.29 is 14.3 Å². The molecule has 1 heterocycles. The van der Waals surface area contributed by atoms with Crippen molar-refractivity contribution >= 4 is 12.5 Å². The quantitative estimate of drug-likeness (QED) is 0.733. The smallest absolute Gasteiger partial charge is 0.410 e. The zero-order chi connectivity index (χ0) is 12.2. The molecule has 92 valence electrons. The Morgan fingerprint density at radius 1 is 1.56 bits per heavy atom. The van der Waals surface area contributed by atoms with Crippen molar-refractivity contribution in [1.82, 2.24) is 10.2 Å². The summed E-state index contributed by atoms with van der Waals surface area (Å²) in [6.07, 6.45) is 1.34. The molecule has 0 bridgehead atoms. The van der Waals surface area contributed by atoms with Gasteiger partial charge in [0.1, 0.15) is 5.60 Å². The van der Waals surface area contributed by atoms with Crippen LogP contribution in [0.4, 0.5) is 4.79 Å². The van der Waals surface area contributed by atoms with Crippen LogP contribution in [0.5, 0.6) is 0 Å². The lowest BCUT2D eigenvalue weighted by Crippen LogP contribution is -2.36. The van der Waals surface area contributed by atoms with Crippen molar-refractivity contribution in [2.24, 2.45) is 5.92 Å². The average Bonchev–Trinajstić information content (AvgIpc) is 2.60. The third-order valence-electron chi connectivity index (χ3n) is 2.43. The number of nitrogens with one attached hydrogen (secondary N) is 1. The molecule has 0 spiro atoms. The summed E-state index contributed by atoms with van der Waals surface area (Å²) in [6.45, 7) is 7.56. The molecule has 16 heavy (non-hydrogen) atoms. The lowest BCUT2D eigenvalue weighted by Gasteiger charge is -2.24. The summed E-state index contributed by atoms with van der Waals surface area (Å²) >= 11 is 0. The van der Waals surface area contributed by atoms with Gasteiger partial charge in [-0.25, -0.2) is 4.79 Å². The first-order chi connectivity index (χ1) is 7.42. The maximum Gasteiger partial charge on any atom is 0.410 e. The molecule has 0 aromatic carbocycles. The van der Waals surface area contributed by atoms with Gasteiger partial charge in [0.05, 0.1) is 0 Å². The maximum atomic E-state index is 11.7. The van der Waals surface area contributed by atoms with E-state index in [0.717, 1.165) is 6.42 Å². The Hall–Kier alpha value is -1.26. The third-order valence-corrected chi connectivity index (χ3v) is 2.43. The van der Waals surface area contributed by atoms with E-state index in [2.05, 4.69) is 5.32 Å². The second-order valence-electron chi connectivity index (χ2n) is 5.11. The fourth-order valence-corrected chi connectivity index (χ4v) is 1.71. The summed E-state index contributed by atoms with van der Waals surface area (Å²) in [5.74, 6) is 0.345. The van der Waals surface area contributed by atoms with Crippen molar-refractivity contribution in [3.8, 4) is 0 Å². The topological polar surface area (TPSA) is 58.6 Å². The number of hydrogen-bond donors (Lipinski definition) is 1. The van der Waals surface area contributed by atoms with E-state index in [1.54, 1.807) is 4.90 Å². The van der Waals surface area contributed by atoms with Gasteiger partial charge in [0.2, 0.25) is 6.41 Å². The molecule has 1 N–H and O–H groups in total. The highest BCUT2D eigenvalue weighted by Gasteiger charge is 2.29. The van der Waals surface area contributed by atoms with Gasteiger partial charge >= 0.3 is 6.09 Å². The molecule has 5 heteroatoms. The van der Waals surface area contributed by atoms with Crippen LogP contribution in [0.1, 0.15) is 27.2 Å². The summed E-state index contributed by atoms with van der Waals surface area (Å²) in [5, 5.41) is 2.64. The number of carbonyl (C=O) groups excluding carboxylic acids is 2. The first-order valence-corrected chi connectivity index (χ1v) is 5.57. The van der Waals surface area contributed by atoms with Crippen molar-refractivity contribution in [3.63, 3.8) is 0 Å². The zero-order valence-electron chi connectivity index (χ0n) is 10.2. The van der Waals surface area contributed by atoms with E-state index in [1.807, 2.05) is 20.8 Å². The van der Waals surface area contributed by atoms with Gasteiger partial charge in [-0.1, -0.05) is 0 Å². The molecule has 1 aliphatic heterocycles. The average molecular weight is 228 g/mol.